The van der Waals surface area contributed by atoms with Gasteiger partial charge in [-0.15, -0.1) is 0 Å². The number of aromatic hydroxyl groups is 1. The van der Waals surface area contributed by atoms with Crippen molar-refractivity contribution in [2.75, 3.05) is 0 Å². The average molecular weight is 285 g/mol. The van der Waals surface area contributed by atoms with Crippen molar-refractivity contribution in [3.05, 3.63) is 60.0 Å². The van der Waals surface area contributed by atoms with Crippen LogP contribution in [0.25, 0.3) is 10.9 Å². The highest BCUT2D eigenvalue weighted by Gasteiger charge is 2.10. The van der Waals surface area contributed by atoms with Gasteiger partial charge in [0.05, 0.1) is 11.2 Å². The summed E-state index contributed by atoms with van der Waals surface area (Å²) in [6.07, 6.45) is 0. The molecule has 1 heterocycles. The third-order valence-electron chi connectivity index (χ3n) is 3.50. The molecule has 0 saturated carbocycles. The Bertz CT molecular complexity index is 780. The van der Waals surface area contributed by atoms with Gasteiger partial charge in [0.2, 0.25) is 0 Å². The Hall–Kier alpha value is -2.49. The highest BCUT2D eigenvalue weighted by molar-refractivity contribution is 5.82. The Morgan fingerprint density at radius 2 is 1.95 bits per heavy atom. The van der Waals surface area contributed by atoms with Crippen LogP contribution in [0.1, 0.15) is 12.6 Å². The van der Waals surface area contributed by atoms with E-state index in [1.165, 1.54) is 6.07 Å². The van der Waals surface area contributed by atoms with Crippen LogP contribution in [0.15, 0.2) is 48.5 Å². The summed E-state index contributed by atoms with van der Waals surface area (Å²) in [6.45, 7) is 3.06. The van der Waals surface area contributed by atoms with Crippen molar-refractivity contribution in [2.45, 2.75) is 20.1 Å². The number of ether oxygens (including phenoxy) is 1. The lowest BCUT2D eigenvalue weighted by Gasteiger charge is -2.10. The van der Waals surface area contributed by atoms with Gasteiger partial charge in [0, 0.05) is 18.0 Å². The molecule has 3 aromatic rings. The molecule has 0 unspecified atom stereocenters. The maximum Gasteiger partial charge on any atom is 0.165 e. The number of para-hydroxylation sites is 1. The molecule has 3 rings (SSSR count). The van der Waals surface area contributed by atoms with E-state index in [9.17, 15) is 9.50 Å². The van der Waals surface area contributed by atoms with Crippen LogP contribution in [-0.2, 0) is 13.2 Å². The second-order valence-electron chi connectivity index (χ2n) is 4.84. The van der Waals surface area contributed by atoms with Gasteiger partial charge in [0.25, 0.3) is 0 Å². The molecule has 0 saturated heterocycles. The highest BCUT2D eigenvalue weighted by Crippen LogP contribution is 2.25. The molecule has 0 amide bonds. The van der Waals surface area contributed by atoms with Gasteiger partial charge in [-0.1, -0.05) is 12.1 Å². The van der Waals surface area contributed by atoms with Gasteiger partial charge in [-0.25, -0.2) is 4.39 Å². The fourth-order valence-electron chi connectivity index (χ4n) is 2.51. The number of nitrogens with zero attached hydrogens (tertiary/aromatic N) is 1. The molecule has 0 aliphatic rings. The molecule has 3 nitrogen and oxygen atoms in total. The molecule has 0 spiro atoms. The predicted molar refractivity (Wildman–Crippen MR) is 80.0 cm³/mol. The Kier molecular flexibility index (Phi) is 3.52. The second-order valence-corrected chi connectivity index (χ2v) is 4.84. The Morgan fingerprint density at radius 3 is 2.71 bits per heavy atom. The zero-order valence-corrected chi connectivity index (χ0v) is 11.7. The van der Waals surface area contributed by atoms with E-state index in [0.717, 1.165) is 23.1 Å². The molecule has 0 bridgehead atoms. The minimum Gasteiger partial charge on any atom is -0.508 e. The van der Waals surface area contributed by atoms with Gasteiger partial charge in [0.1, 0.15) is 12.4 Å². The number of fused-ring (bicyclic) bond motifs is 1. The van der Waals surface area contributed by atoms with E-state index in [1.807, 2.05) is 19.1 Å². The van der Waals surface area contributed by atoms with Gasteiger partial charge in [-0.05, 0) is 37.3 Å². The van der Waals surface area contributed by atoms with Crippen molar-refractivity contribution in [3.8, 4) is 11.5 Å². The van der Waals surface area contributed by atoms with Crippen molar-refractivity contribution < 1.29 is 14.2 Å². The number of rotatable bonds is 4. The summed E-state index contributed by atoms with van der Waals surface area (Å²) in [7, 11) is 0. The van der Waals surface area contributed by atoms with Gasteiger partial charge in [-0.2, -0.15) is 0 Å². The summed E-state index contributed by atoms with van der Waals surface area (Å²) in [5.74, 6) is 0.111. The minimum absolute atomic E-state index is 0.233. The Balaban J connectivity index is 1.92. The van der Waals surface area contributed by atoms with Gasteiger partial charge in [0.15, 0.2) is 11.6 Å². The lowest BCUT2D eigenvalue weighted by molar-refractivity contribution is 0.281. The molecule has 1 N–H and O–H groups in total. The van der Waals surface area contributed by atoms with E-state index >= 15 is 0 Å². The molecule has 0 radical (unpaired) electrons. The van der Waals surface area contributed by atoms with E-state index < -0.39 is 0 Å². The second kappa shape index (κ2) is 5.48. The standard InChI is InChI=1S/C17H16FNO2/c1-2-19-13(9-12-7-8-14(20)10-16(12)19)11-21-17-6-4-3-5-15(17)18/h3-10,20H,2,11H2,1H3. The lowest BCUT2D eigenvalue weighted by Crippen LogP contribution is -2.05. The number of phenolic OH excluding ortho intramolecular Hbond substituents is 1. The normalized spacial score (nSPS) is 11.0. The number of halogens is 1. The molecule has 1 aromatic heterocycles. The van der Waals surface area contributed by atoms with Crippen molar-refractivity contribution in [1.82, 2.24) is 4.57 Å². The van der Waals surface area contributed by atoms with Crippen molar-refractivity contribution in [3.63, 3.8) is 0 Å². The van der Waals surface area contributed by atoms with Crippen LogP contribution in [0.3, 0.4) is 0 Å². The van der Waals surface area contributed by atoms with E-state index in [1.54, 1.807) is 30.3 Å². The summed E-state index contributed by atoms with van der Waals surface area (Å²) >= 11 is 0. The average Bonchev–Trinajstić information content (AvgIpc) is 2.83. The van der Waals surface area contributed by atoms with Crippen LogP contribution >= 0.6 is 0 Å². The summed E-state index contributed by atoms with van der Waals surface area (Å²) < 4.78 is 21.2. The first-order valence-electron chi connectivity index (χ1n) is 6.87. The number of phenols is 1. The van der Waals surface area contributed by atoms with E-state index in [2.05, 4.69) is 4.57 Å². The molecule has 4 heteroatoms. The van der Waals surface area contributed by atoms with Crippen LogP contribution in [0.5, 0.6) is 11.5 Å². The maximum atomic E-state index is 13.6. The molecule has 0 aliphatic heterocycles. The molecule has 0 atom stereocenters. The topological polar surface area (TPSA) is 34.4 Å². The first-order chi connectivity index (χ1) is 10.2. The Labute approximate surface area is 122 Å². The van der Waals surface area contributed by atoms with Crippen molar-refractivity contribution >= 4 is 10.9 Å². The molecular formula is C17H16FNO2. The molecule has 21 heavy (non-hydrogen) atoms. The van der Waals surface area contributed by atoms with Crippen LogP contribution in [0, 0.1) is 5.82 Å². The third-order valence-corrected chi connectivity index (χ3v) is 3.50. The van der Waals surface area contributed by atoms with Crippen LogP contribution in [0.2, 0.25) is 0 Å². The van der Waals surface area contributed by atoms with E-state index in [-0.39, 0.29) is 23.9 Å². The SMILES string of the molecule is CCn1c(COc2ccccc2F)cc2ccc(O)cc21. The van der Waals surface area contributed by atoms with Gasteiger partial charge >= 0.3 is 0 Å². The van der Waals surface area contributed by atoms with Crippen molar-refractivity contribution in [2.24, 2.45) is 0 Å². The highest BCUT2D eigenvalue weighted by atomic mass is 19.1. The van der Waals surface area contributed by atoms with E-state index in [4.69, 9.17) is 4.74 Å². The van der Waals surface area contributed by atoms with Gasteiger partial charge in [-0.3, -0.25) is 0 Å². The van der Waals surface area contributed by atoms with E-state index in [0.29, 0.717) is 0 Å². The monoisotopic (exact) mass is 285 g/mol. The van der Waals surface area contributed by atoms with Crippen LogP contribution in [0.4, 0.5) is 4.39 Å². The van der Waals surface area contributed by atoms with Crippen molar-refractivity contribution in [1.29, 1.82) is 0 Å². The molecular weight excluding hydrogens is 269 g/mol. The summed E-state index contributed by atoms with van der Waals surface area (Å²) in [4.78, 5) is 0. The number of benzene rings is 2. The molecule has 2 aromatic carbocycles. The minimum atomic E-state index is -0.366. The lowest BCUT2D eigenvalue weighted by atomic mass is 10.2. The molecule has 108 valence electrons. The molecule has 0 fully saturated rings. The summed E-state index contributed by atoms with van der Waals surface area (Å²) in [6, 6.07) is 13.6. The quantitative estimate of drug-likeness (QED) is 0.783. The number of aryl methyl sites for hydroxylation is 1. The first kappa shape index (κ1) is 13.5. The summed E-state index contributed by atoms with van der Waals surface area (Å²) in [5, 5.41) is 10.6. The number of hydrogen-bond donors (Lipinski definition) is 1. The molecule has 0 aliphatic carbocycles. The fraction of sp³-hybridized carbons (Fsp3) is 0.176. The fourth-order valence-corrected chi connectivity index (χ4v) is 2.51. The predicted octanol–water partition coefficient (Wildman–Crippen LogP) is 4.08. The summed E-state index contributed by atoms with van der Waals surface area (Å²) in [5.41, 5.74) is 1.89. The Morgan fingerprint density at radius 1 is 1.14 bits per heavy atom. The zero-order chi connectivity index (χ0) is 14.8. The maximum absolute atomic E-state index is 13.6. The van der Waals surface area contributed by atoms with Crippen LogP contribution in [-0.4, -0.2) is 9.67 Å². The van der Waals surface area contributed by atoms with Gasteiger partial charge < -0.3 is 14.4 Å². The number of hydrogen-bond acceptors (Lipinski definition) is 2. The zero-order valence-electron chi connectivity index (χ0n) is 11.7. The smallest absolute Gasteiger partial charge is 0.165 e. The number of aromatic nitrogens is 1. The largest absolute Gasteiger partial charge is 0.508 e. The first-order valence-corrected chi connectivity index (χ1v) is 6.87. The third kappa shape index (κ3) is 2.57. The van der Waals surface area contributed by atoms with Crippen LogP contribution < -0.4 is 4.74 Å².